The van der Waals surface area contributed by atoms with Gasteiger partial charge in [0.1, 0.15) is 18.1 Å². The molecule has 3 N–H and O–H groups in total. The third-order valence-corrected chi connectivity index (χ3v) is 8.23. The number of methoxy groups -OCH3 is 1. The fourth-order valence-corrected chi connectivity index (χ4v) is 5.56. The number of amides is 1. The van der Waals surface area contributed by atoms with Crippen LogP contribution in [-0.4, -0.2) is 62.2 Å². The van der Waals surface area contributed by atoms with Crippen molar-refractivity contribution in [3.8, 4) is 17.5 Å². The Balaban J connectivity index is 1.49. The minimum Gasteiger partial charge on any atom is -0.387 e. The van der Waals surface area contributed by atoms with E-state index in [1.807, 2.05) is 12.1 Å². The van der Waals surface area contributed by atoms with E-state index in [1.165, 1.54) is 20.0 Å². The van der Waals surface area contributed by atoms with Gasteiger partial charge in [0.25, 0.3) is 5.91 Å². The van der Waals surface area contributed by atoms with Crippen molar-refractivity contribution >= 4 is 17.2 Å². The fourth-order valence-electron chi connectivity index (χ4n) is 5.56. The predicted octanol–water partition coefficient (Wildman–Crippen LogP) is 4.01. The molecule has 38 heavy (non-hydrogen) atoms. The Kier molecular flexibility index (Phi) is 6.61. The highest BCUT2D eigenvalue weighted by atomic mass is 19.1. The number of rotatable bonds is 8. The zero-order chi connectivity index (χ0) is 27.1. The minimum atomic E-state index is -1.62. The monoisotopic (exact) mass is 520 g/mol. The summed E-state index contributed by atoms with van der Waals surface area (Å²) in [5.74, 6) is -0.0430. The lowest BCUT2D eigenvalue weighted by molar-refractivity contribution is -0.0890. The summed E-state index contributed by atoms with van der Waals surface area (Å²) in [5, 5.41) is 29.7. The van der Waals surface area contributed by atoms with E-state index in [1.54, 1.807) is 29.8 Å². The number of carbonyl (C=O) groups is 1. The highest BCUT2D eigenvalue weighted by Crippen LogP contribution is 2.50. The van der Waals surface area contributed by atoms with Crippen molar-refractivity contribution in [1.29, 1.82) is 5.26 Å². The molecule has 3 aromatic heterocycles. The van der Waals surface area contributed by atoms with E-state index in [-0.39, 0.29) is 17.7 Å². The summed E-state index contributed by atoms with van der Waals surface area (Å²) < 4.78 is 21.9. The quantitative estimate of drug-likeness (QED) is 0.410. The Morgan fingerprint density at radius 1 is 1.24 bits per heavy atom. The third kappa shape index (κ3) is 4.84. The highest BCUT2D eigenvalue weighted by Gasteiger charge is 2.49. The Bertz CT molecular complexity index is 1380. The van der Waals surface area contributed by atoms with Crippen LogP contribution in [0.4, 0.5) is 10.2 Å². The standard InChI is InChI=1S/C28H33FN6O3/c1-26(2,37)23(29)17-31-25(36)20-5-6-21(22-7-4-19-14-18(15-30)16-32-35(19)22)33-24(20)34-27-8-11-28(38-3,12-9-27)13-10-27/h4-7,14,16,23,37H,8-13,17H2,1-3H3,(H,31,36)(H,33,34)/t23-,27?,28?/m1/s1. The van der Waals surface area contributed by atoms with Gasteiger partial charge in [-0.25, -0.2) is 13.9 Å². The van der Waals surface area contributed by atoms with Crippen LogP contribution in [0.3, 0.4) is 0 Å². The second kappa shape index (κ2) is 9.64. The molecule has 10 heteroatoms. The van der Waals surface area contributed by atoms with Crippen molar-refractivity contribution in [2.24, 2.45) is 0 Å². The second-order valence-electron chi connectivity index (χ2n) is 11.1. The largest absolute Gasteiger partial charge is 0.387 e. The van der Waals surface area contributed by atoms with Gasteiger partial charge in [-0.05, 0) is 82.7 Å². The number of aromatic nitrogens is 3. The average Bonchev–Trinajstić information content (AvgIpc) is 3.35. The number of fused-ring (bicyclic) bond motifs is 4. The van der Waals surface area contributed by atoms with E-state index in [0.29, 0.717) is 28.3 Å². The van der Waals surface area contributed by atoms with E-state index in [0.717, 1.165) is 44.0 Å². The van der Waals surface area contributed by atoms with E-state index in [4.69, 9.17) is 9.72 Å². The maximum Gasteiger partial charge on any atom is 0.255 e. The van der Waals surface area contributed by atoms with Gasteiger partial charge in [-0.15, -0.1) is 0 Å². The first-order valence-electron chi connectivity index (χ1n) is 12.9. The van der Waals surface area contributed by atoms with E-state index >= 15 is 0 Å². The first-order valence-corrected chi connectivity index (χ1v) is 12.9. The van der Waals surface area contributed by atoms with Gasteiger partial charge in [0.2, 0.25) is 0 Å². The lowest BCUT2D eigenvalue weighted by Gasteiger charge is -2.53. The smallest absolute Gasteiger partial charge is 0.255 e. The van der Waals surface area contributed by atoms with Crippen molar-refractivity contribution in [2.75, 3.05) is 19.0 Å². The van der Waals surface area contributed by atoms with E-state index in [9.17, 15) is 19.6 Å². The molecule has 0 spiro atoms. The minimum absolute atomic E-state index is 0.0645. The molecule has 3 fully saturated rings. The molecule has 0 saturated heterocycles. The van der Waals surface area contributed by atoms with Crippen LogP contribution in [-0.2, 0) is 4.74 Å². The first kappa shape index (κ1) is 26.1. The van der Waals surface area contributed by atoms with Gasteiger partial charge in [0.05, 0.1) is 52.0 Å². The SMILES string of the molecule is COC12CCC(Nc3nc(-c4ccc5cc(C#N)cnn45)ccc3C(=O)NC[C@@H](F)C(C)(C)O)(CC1)CC2. The van der Waals surface area contributed by atoms with Crippen molar-refractivity contribution in [1.82, 2.24) is 19.9 Å². The Morgan fingerprint density at radius 3 is 2.58 bits per heavy atom. The zero-order valence-electron chi connectivity index (χ0n) is 21.9. The zero-order valence-corrected chi connectivity index (χ0v) is 21.9. The molecule has 2 bridgehead atoms. The molecule has 0 aromatic carbocycles. The van der Waals surface area contributed by atoms with Gasteiger partial charge in [-0.1, -0.05) is 0 Å². The molecular weight excluding hydrogens is 487 g/mol. The van der Waals surface area contributed by atoms with Crippen LogP contribution in [0.25, 0.3) is 16.9 Å². The number of hydrogen-bond acceptors (Lipinski definition) is 7. The van der Waals surface area contributed by atoms with Crippen LogP contribution in [0.2, 0.25) is 0 Å². The van der Waals surface area contributed by atoms with Gasteiger partial charge in [-0.2, -0.15) is 10.4 Å². The van der Waals surface area contributed by atoms with Gasteiger partial charge in [0, 0.05) is 12.6 Å². The molecule has 3 aliphatic rings. The number of aliphatic hydroxyl groups is 1. The summed E-state index contributed by atoms with van der Waals surface area (Å²) >= 11 is 0. The lowest BCUT2D eigenvalue weighted by atomic mass is 9.63. The van der Waals surface area contributed by atoms with Crippen molar-refractivity contribution in [3.05, 3.63) is 47.7 Å². The summed E-state index contributed by atoms with van der Waals surface area (Å²) in [4.78, 5) is 18.1. The molecule has 6 rings (SSSR count). The number of nitrogens with one attached hydrogen (secondary N) is 2. The maximum atomic E-state index is 14.4. The number of ether oxygens (including phenoxy) is 1. The first-order chi connectivity index (χ1) is 18.1. The topological polar surface area (TPSA) is 125 Å². The van der Waals surface area contributed by atoms with E-state index in [2.05, 4.69) is 21.8 Å². The normalized spacial score (nSPS) is 23.7. The number of pyridine rings is 1. The molecule has 0 radical (unpaired) electrons. The lowest BCUT2D eigenvalue weighted by Crippen LogP contribution is -2.54. The summed E-state index contributed by atoms with van der Waals surface area (Å²) in [7, 11) is 1.78. The number of hydrogen-bond donors (Lipinski definition) is 3. The second-order valence-corrected chi connectivity index (χ2v) is 11.1. The molecular formula is C28H33FN6O3. The molecule has 3 aromatic rings. The predicted molar refractivity (Wildman–Crippen MR) is 140 cm³/mol. The van der Waals surface area contributed by atoms with E-state index < -0.39 is 17.7 Å². The molecule has 0 aliphatic heterocycles. The third-order valence-electron chi connectivity index (χ3n) is 8.23. The van der Waals surface area contributed by atoms with Crippen molar-refractivity contribution < 1.29 is 19.0 Å². The van der Waals surface area contributed by atoms with Crippen molar-refractivity contribution in [2.45, 2.75) is 75.3 Å². The Hall–Kier alpha value is -3.55. The summed E-state index contributed by atoms with van der Waals surface area (Å²) in [6.07, 6.45) is 5.36. The number of anilines is 1. The maximum absolute atomic E-state index is 14.4. The highest BCUT2D eigenvalue weighted by molar-refractivity contribution is 5.99. The summed E-state index contributed by atoms with van der Waals surface area (Å²) in [5.41, 5.74) is 1.00. The Labute approximate surface area is 221 Å². The van der Waals surface area contributed by atoms with Gasteiger partial charge < -0.3 is 20.5 Å². The summed E-state index contributed by atoms with van der Waals surface area (Å²) in [6.45, 7) is 2.42. The molecule has 3 heterocycles. The molecule has 9 nitrogen and oxygen atoms in total. The number of carbonyl (C=O) groups excluding carboxylic acids is 1. The summed E-state index contributed by atoms with van der Waals surface area (Å²) in [6, 6.07) is 11.0. The van der Waals surface area contributed by atoms with Gasteiger partial charge >= 0.3 is 0 Å². The molecule has 3 saturated carbocycles. The fraction of sp³-hybridized carbons (Fsp3) is 0.500. The van der Waals surface area contributed by atoms with Gasteiger partial charge in [0.15, 0.2) is 0 Å². The average molecular weight is 521 g/mol. The number of nitrogens with zero attached hydrogens (tertiary/aromatic N) is 4. The molecule has 1 atom stereocenters. The molecule has 1 amide bonds. The van der Waals surface area contributed by atoms with Crippen LogP contribution in [0.1, 0.15) is 68.3 Å². The van der Waals surface area contributed by atoms with Crippen LogP contribution in [0.5, 0.6) is 0 Å². The molecule has 200 valence electrons. The van der Waals surface area contributed by atoms with Crippen LogP contribution in [0, 0.1) is 11.3 Å². The van der Waals surface area contributed by atoms with Crippen LogP contribution in [0.15, 0.2) is 36.5 Å². The Morgan fingerprint density at radius 2 is 1.95 bits per heavy atom. The van der Waals surface area contributed by atoms with Crippen LogP contribution < -0.4 is 10.6 Å². The number of alkyl halides is 1. The van der Waals surface area contributed by atoms with Gasteiger partial charge in [-0.3, -0.25) is 4.79 Å². The van der Waals surface area contributed by atoms with Crippen molar-refractivity contribution in [3.63, 3.8) is 0 Å². The molecule has 0 unspecified atom stereocenters. The molecule has 3 aliphatic carbocycles. The van der Waals surface area contributed by atoms with Crippen LogP contribution >= 0.6 is 0 Å². The number of nitriles is 1. The number of halogens is 1.